The molecule has 1 aliphatic carbocycles. The molecule has 1 aromatic rings. The molecule has 1 atom stereocenters. The minimum atomic E-state index is -5.39. The Morgan fingerprint density at radius 1 is 1.04 bits per heavy atom. The Bertz CT molecular complexity index is 867. The van der Waals surface area contributed by atoms with E-state index in [1.807, 2.05) is 0 Å². The minimum absolute atomic E-state index is 0.138. The topological polar surface area (TPSA) is 126 Å². The van der Waals surface area contributed by atoms with E-state index in [1.54, 1.807) is 18.2 Å². The van der Waals surface area contributed by atoms with Crippen LogP contribution < -0.4 is 0 Å². The lowest BCUT2D eigenvalue weighted by molar-refractivity contribution is 0.103. The van der Waals surface area contributed by atoms with Gasteiger partial charge in [0.2, 0.25) is 0 Å². The summed E-state index contributed by atoms with van der Waals surface area (Å²) in [5.41, 5.74) is -0.255. The van der Waals surface area contributed by atoms with E-state index in [0.717, 1.165) is 12.2 Å². The van der Waals surface area contributed by atoms with Gasteiger partial charge in [0.15, 0.2) is 5.78 Å². The van der Waals surface area contributed by atoms with Crippen LogP contribution in [0.3, 0.4) is 0 Å². The number of alkyl halides is 1. The summed E-state index contributed by atoms with van der Waals surface area (Å²) in [5.74, 6) is -0.730. The first-order chi connectivity index (χ1) is 10.5. The van der Waals surface area contributed by atoms with Crippen molar-refractivity contribution in [3.8, 4) is 0 Å². The smallest absolute Gasteiger partial charge is 0.289 e. The van der Waals surface area contributed by atoms with Gasteiger partial charge in [-0.2, -0.15) is 16.8 Å². The van der Waals surface area contributed by atoms with E-state index < -0.39 is 41.0 Å². The number of carbonyl (C=O) groups is 1. The molecule has 0 bridgehead atoms. The zero-order valence-corrected chi connectivity index (χ0v) is 13.7. The van der Waals surface area contributed by atoms with E-state index in [2.05, 4.69) is 0 Å². The van der Waals surface area contributed by atoms with Gasteiger partial charge in [-0.25, -0.2) is 0 Å². The molecule has 0 spiro atoms. The first kappa shape index (κ1) is 17.8. The maximum atomic E-state index is 12.4. The van der Waals surface area contributed by atoms with Gasteiger partial charge in [0.1, 0.15) is 5.38 Å². The molecule has 0 saturated heterocycles. The summed E-state index contributed by atoms with van der Waals surface area (Å²) in [6.45, 7) is 0. The fraction of sp³-hybridized carbons (Fsp3) is 0.154. The Kier molecular flexibility index (Phi) is 4.53. The molecule has 0 fully saturated rings. The van der Waals surface area contributed by atoms with E-state index in [1.165, 1.54) is 12.1 Å². The van der Waals surface area contributed by atoms with Gasteiger partial charge in [-0.15, -0.1) is 11.6 Å². The molecular formula is C13H11ClO7S2. The number of allylic oxidation sites excluding steroid dienone is 3. The summed E-state index contributed by atoms with van der Waals surface area (Å²) in [6, 6.07) is 7.59. The molecule has 0 heterocycles. The zero-order valence-electron chi connectivity index (χ0n) is 11.3. The van der Waals surface area contributed by atoms with Gasteiger partial charge < -0.3 is 0 Å². The van der Waals surface area contributed by atoms with Crippen LogP contribution in [0.5, 0.6) is 0 Å². The highest BCUT2D eigenvalue weighted by atomic mass is 35.5. The summed E-state index contributed by atoms with van der Waals surface area (Å²) < 4.78 is 61.9. The molecule has 1 aromatic carbocycles. The second-order valence-electron chi connectivity index (χ2n) is 4.71. The summed E-state index contributed by atoms with van der Waals surface area (Å²) in [6.07, 6.45) is 2.58. The minimum Gasteiger partial charge on any atom is -0.289 e. The number of benzene rings is 1. The van der Waals surface area contributed by atoms with Crippen LogP contribution in [-0.2, 0) is 20.2 Å². The number of hydrogen-bond acceptors (Lipinski definition) is 5. The number of rotatable bonds is 4. The van der Waals surface area contributed by atoms with Crippen molar-refractivity contribution in [1.29, 1.82) is 0 Å². The summed E-state index contributed by atoms with van der Waals surface area (Å²) in [5, 5.41) is -2.04. The molecule has 124 valence electrons. The Morgan fingerprint density at radius 3 is 2.04 bits per heavy atom. The quantitative estimate of drug-likeness (QED) is 0.461. The molecule has 7 nitrogen and oxygen atoms in total. The highest BCUT2D eigenvalue weighted by molar-refractivity contribution is 8.05. The van der Waals surface area contributed by atoms with Crippen LogP contribution in [0, 0.1) is 0 Å². The first-order valence-corrected chi connectivity index (χ1v) is 9.41. The SMILES string of the molecule is O=C(C1=CC=CC(S(=O)(=O)O)(S(=O)(=O)O)C1Cl)c1ccccc1. The summed E-state index contributed by atoms with van der Waals surface area (Å²) in [4.78, 5) is 12.4. The third kappa shape index (κ3) is 2.86. The van der Waals surface area contributed by atoms with Gasteiger partial charge in [0.25, 0.3) is 24.3 Å². The van der Waals surface area contributed by atoms with Gasteiger partial charge in [0, 0.05) is 11.1 Å². The van der Waals surface area contributed by atoms with Crippen molar-refractivity contribution >= 4 is 37.6 Å². The fourth-order valence-electron chi connectivity index (χ4n) is 2.19. The van der Waals surface area contributed by atoms with Crippen LogP contribution in [0.2, 0.25) is 0 Å². The molecule has 2 rings (SSSR count). The van der Waals surface area contributed by atoms with E-state index in [9.17, 15) is 30.7 Å². The lowest BCUT2D eigenvalue weighted by Crippen LogP contribution is -2.53. The van der Waals surface area contributed by atoms with Gasteiger partial charge in [0.05, 0.1) is 0 Å². The normalized spacial score (nSPS) is 20.8. The molecule has 10 heteroatoms. The Labute approximate surface area is 137 Å². The molecule has 0 aromatic heterocycles. The van der Waals surface area contributed by atoms with Crippen molar-refractivity contribution in [2.75, 3.05) is 0 Å². The molecule has 0 radical (unpaired) electrons. The van der Waals surface area contributed by atoms with Crippen LogP contribution in [0.15, 0.2) is 54.1 Å². The van der Waals surface area contributed by atoms with Crippen LogP contribution in [0.4, 0.5) is 0 Å². The number of carbonyl (C=O) groups excluding carboxylic acids is 1. The van der Waals surface area contributed by atoms with E-state index >= 15 is 0 Å². The van der Waals surface area contributed by atoms with Crippen LogP contribution in [0.25, 0.3) is 0 Å². The molecular weight excluding hydrogens is 368 g/mol. The third-order valence-corrected chi connectivity index (χ3v) is 7.79. The van der Waals surface area contributed by atoms with Gasteiger partial charge in [-0.05, 0) is 6.08 Å². The Hall–Kier alpha value is -1.52. The predicted octanol–water partition coefficient (Wildman–Crippen LogP) is 1.44. The highest BCUT2D eigenvalue weighted by Gasteiger charge is 2.60. The number of halogens is 1. The summed E-state index contributed by atoms with van der Waals surface area (Å²) >= 11 is 5.90. The van der Waals surface area contributed by atoms with Gasteiger partial charge in [-0.3, -0.25) is 13.9 Å². The van der Waals surface area contributed by atoms with E-state index in [4.69, 9.17) is 11.6 Å². The number of ketones is 1. The largest absolute Gasteiger partial charge is 0.293 e. The Morgan fingerprint density at radius 2 is 1.57 bits per heavy atom. The van der Waals surface area contributed by atoms with Crippen molar-refractivity contribution in [3.05, 3.63) is 59.7 Å². The van der Waals surface area contributed by atoms with Crippen molar-refractivity contribution in [1.82, 2.24) is 0 Å². The van der Waals surface area contributed by atoms with E-state index in [0.29, 0.717) is 6.08 Å². The van der Waals surface area contributed by atoms with Crippen molar-refractivity contribution in [2.45, 2.75) is 9.46 Å². The van der Waals surface area contributed by atoms with Gasteiger partial charge in [-0.1, -0.05) is 42.5 Å². The summed E-state index contributed by atoms with van der Waals surface area (Å²) in [7, 11) is -10.8. The average Bonchev–Trinajstić information content (AvgIpc) is 2.45. The zero-order chi connectivity index (χ0) is 17.5. The lowest BCUT2D eigenvalue weighted by Gasteiger charge is -2.31. The monoisotopic (exact) mass is 378 g/mol. The van der Waals surface area contributed by atoms with Crippen LogP contribution >= 0.6 is 11.6 Å². The van der Waals surface area contributed by atoms with E-state index in [-0.39, 0.29) is 5.56 Å². The first-order valence-electron chi connectivity index (χ1n) is 6.09. The highest BCUT2D eigenvalue weighted by Crippen LogP contribution is 2.40. The lowest BCUT2D eigenvalue weighted by atomic mass is 9.95. The Balaban J connectivity index is 2.62. The van der Waals surface area contributed by atoms with Gasteiger partial charge >= 0.3 is 0 Å². The van der Waals surface area contributed by atoms with Crippen molar-refractivity contribution in [2.24, 2.45) is 0 Å². The molecule has 1 unspecified atom stereocenters. The van der Waals surface area contributed by atoms with Crippen LogP contribution in [0.1, 0.15) is 10.4 Å². The average molecular weight is 379 g/mol. The standard InChI is InChI=1S/C13H11ClO7S2/c14-12-10(11(15)9-5-2-1-3-6-9)7-4-8-13(12,22(16,17)18)23(19,20)21/h1-8,12H,(H,16,17,18)(H,19,20,21). The fourth-order valence-corrected chi connectivity index (χ4v) is 5.45. The second-order valence-corrected chi connectivity index (χ2v) is 8.66. The molecule has 2 N–H and O–H groups in total. The molecule has 0 amide bonds. The molecule has 0 saturated carbocycles. The van der Waals surface area contributed by atoms with Crippen LogP contribution in [-0.4, -0.2) is 41.2 Å². The molecule has 0 aliphatic heterocycles. The predicted molar refractivity (Wildman–Crippen MR) is 83.5 cm³/mol. The third-order valence-electron chi connectivity index (χ3n) is 3.34. The number of hydrogen-bond donors (Lipinski definition) is 2. The van der Waals surface area contributed by atoms with Crippen molar-refractivity contribution < 1.29 is 30.7 Å². The maximum absolute atomic E-state index is 12.4. The second kappa shape index (κ2) is 5.84. The maximum Gasteiger partial charge on any atom is 0.293 e. The molecule has 23 heavy (non-hydrogen) atoms. The van der Waals surface area contributed by atoms with Crippen molar-refractivity contribution in [3.63, 3.8) is 0 Å². The number of Topliss-reactive ketones (excluding diaryl/α,β-unsaturated/α-hetero) is 1. The molecule has 1 aliphatic rings.